The van der Waals surface area contributed by atoms with Crippen molar-refractivity contribution in [3.05, 3.63) is 131 Å². The van der Waals surface area contributed by atoms with Crippen molar-refractivity contribution in [3.8, 4) is 0 Å². The lowest BCUT2D eigenvalue weighted by atomic mass is 10.1. The van der Waals surface area contributed by atoms with Gasteiger partial charge in [-0.25, -0.2) is 39.5 Å². The number of aliphatic carboxylic acids is 1. The topological polar surface area (TPSA) is 68.8 Å². The zero-order valence-electron chi connectivity index (χ0n) is 20.8. The largest absolute Gasteiger partial charge is 0.481 e. The van der Waals surface area contributed by atoms with E-state index < -0.39 is 64.7 Å². The predicted octanol–water partition coefficient (Wildman–Crippen LogP) is 7.72. The maximum absolute atomic E-state index is 12.8. The summed E-state index contributed by atoms with van der Waals surface area (Å²) < 4.78 is 112. The minimum atomic E-state index is -1.33. The normalized spacial score (nSPS) is 9.38. The Bertz CT molecular complexity index is 1230. The molecule has 0 bridgehead atoms. The summed E-state index contributed by atoms with van der Waals surface area (Å²) in [5.41, 5.74) is -0.144. The highest BCUT2D eigenvalue weighted by atomic mass is 79.9. The van der Waals surface area contributed by atoms with Crippen molar-refractivity contribution in [2.45, 2.75) is 19.8 Å². The molecule has 0 heterocycles. The predicted molar refractivity (Wildman–Crippen MR) is 137 cm³/mol. The van der Waals surface area contributed by atoms with Crippen LogP contribution < -0.4 is 0 Å². The third-order valence-electron chi connectivity index (χ3n) is 4.20. The maximum Gasteiger partial charge on any atom is 0.307 e. The third kappa shape index (κ3) is 14.0. The second-order valence-electron chi connectivity index (χ2n) is 7.24. The summed E-state index contributed by atoms with van der Waals surface area (Å²) >= 11 is 3.13. The molecule has 220 valence electrons. The zero-order valence-corrected chi connectivity index (χ0v) is 22.4. The molecule has 0 saturated carbocycles. The molecule has 0 aliphatic carbocycles. The molecular formula is C27H24BrF9O3. The van der Waals surface area contributed by atoms with Crippen molar-refractivity contribution in [3.63, 3.8) is 0 Å². The molecule has 3 N–H and O–H groups in total. The van der Waals surface area contributed by atoms with Gasteiger partial charge in [0.1, 0.15) is 17.5 Å². The quantitative estimate of drug-likeness (QED) is 0.133. The Morgan fingerprint density at radius 3 is 1.40 bits per heavy atom. The molecule has 3 aromatic carbocycles. The lowest BCUT2D eigenvalue weighted by molar-refractivity contribution is -0.136. The van der Waals surface area contributed by atoms with Gasteiger partial charge in [-0.15, -0.1) is 13.2 Å². The molecule has 0 atom stereocenters. The Morgan fingerprint density at radius 2 is 1.02 bits per heavy atom. The van der Waals surface area contributed by atoms with Gasteiger partial charge in [0.05, 0.1) is 6.42 Å². The molecule has 3 aromatic rings. The first-order valence-corrected chi connectivity index (χ1v) is 11.7. The molecular weight excluding hydrogens is 623 g/mol. The maximum atomic E-state index is 12.8. The van der Waals surface area contributed by atoms with Gasteiger partial charge in [-0.2, -0.15) is 0 Å². The first-order valence-electron chi connectivity index (χ1n) is 10.6. The van der Waals surface area contributed by atoms with Crippen LogP contribution in [-0.2, 0) is 17.6 Å². The molecule has 40 heavy (non-hydrogen) atoms. The summed E-state index contributed by atoms with van der Waals surface area (Å²) in [6, 6.07) is 3.60. The minimum absolute atomic E-state index is 0. The van der Waals surface area contributed by atoms with Gasteiger partial charge in [-0.3, -0.25) is 4.79 Å². The molecule has 0 spiro atoms. The van der Waals surface area contributed by atoms with Crippen LogP contribution in [0, 0.1) is 59.3 Å². The van der Waals surface area contributed by atoms with Gasteiger partial charge in [0.15, 0.2) is 34.9 Å². The van der Waals surface area contributed by atoms with Gasteiger partial charge < -0.3 is 10.6 Å². The Balaban J connectivity index is 0. The van der Waals surface area contributed by atoms with E-state index in [1.54, 1.807) is 6.08 Å². The van der Waals surface area contributed by atoms with E-state index in [2.05, 4.69) is 29.1 Å². The number of hydrogen-bond donors (Lipinski definition) is 1. The summed E-state index contributed by atoms with van der Waals surface area (Å²) in [4.78, 5) is 10.1. The molecule has 13 heteroatoms. The van der Waals surface area contributed by atoms with Crippen LogP contribution in [0.15, 0.2) is 61.7 Å². The number of carbonyl (C=O) groups is 1. The lowest BCUT2D eigenvalue weighted by Gasteiger charge is -2.00. The highest BCUT2D eigenvalue weighted by molar-refractivity contribution is 9.09. The lowest BCUT2D eigenvalue weighted by Crippen LogP contribution is -2.04. The fourth-order valence-corrected chi connectivity index (χ4v) is 2.36. The van der Waals surface area contributed by atoms with Gasteiger partial charge in [0, 0.05) is 29.1 Å². The number of carboxylic acids is 1. The molecule has 0 aromatic heterocycles. The molecule has 3 nitrogen and oxygen atoms in total. The van der Waals surface area contributed by atoms with Crippen LogP contribution in [0.3, 0.4) is 0 Å². The molecule has 0 radical (unpaired) electrons. The molecule has 0 amide bonds. The van der Waals surface area contributed by atoms with E-state index in [-0.39, 0.29) is 28.6 Å². The summed E-state index contributed by atoms with van der Waals surface area (Å²) in [5, 5.41) is 9.16. The molecule has 0 fully saturated rings. The van der Waals surface area contributed by atoms with Crippen molar-refractivity contribution in [2.75, 3.05) is 5.33 Å². The van der Waals surface area contributed by atoms with E-state index in [4.69, 9.17) is 5.11 Å². The van der Waals surface area contributed by atoms with Gasteiger partial charge in [0.25, 0.3) is 0 Å². The average molecular weight is 647 g/mol. The highest BCUT2D eigenvalue weighted by Gasteiger charge is 2.12. The SMILES string of the molecule is C=CCBr.C=CCc1cc(F)c(F)cc1F.Cc1cc(F)c(F)cc1F.O.O=C(O)Cc1cc(F)c(F)cc1F. The standard InChI is InChI=1S/C9H7F3.C8H5F3O2.C7H5F3.C3H5Br.H2O/c1-2-3-6-4-8(11)9(12)5-7(6)10;9-5-3-7(11)6(10)1-4(5)2-8(12)13;1-4-2-6(9)7(10)3-5(4)8;1-2-3-4;/h2,4-5H,1,3H2;1,3H,2H2,(H,12,13);2-3H,1H3;2H,1,3H2;1H2. The van der Waals surface area contributed by atoms with E-state index in [1.807, 2.05) is 0 Å². The summed E-state index contributed by atoms with van der Waals surface area (Å²) in [6.07, 6.45) is 2.75. The van der Waals surface area contributed by atoms with Crippen molar-refractivity contribution >= 4 is 21.9 Å². The Morgan fingerprint density at radius 1 is 0.675 bits per heavy atom. The van der Waals surface area contributed by atoms with Crippen LogP contribution in [0.5, 0.6) is 0 Å². The van der Waals surface area contributed by atoms with Gasteiger partial charge in [-0.1, -0.05) is 28.1 Å². The summed E-state index contributed by atoms with van der Waals surface area (Å²) in [6.45, 7) is 8.17. The number of benzene rings is 3. The van der Waals surface area contributed by atoms with E-state index >= 15 is 0 Å². The van der Waals surface area contributed by atoms with E-state index in [0.29, 0.717) is 24.3 Å². The Kier molecular flexibility index (Phi) is 18.8. The zero-order chi connectivity index (χ0) is 30.3. The minimum Gasteiger partial charge on any atom is -0.481 e. The smallest absolute Gasteiger partial charge is 0.307 e. The number of carboxylic acid groups (broad SMARTS) is 1. The second-order valence-corrected chi connectivity index (χ2v) is 7.88. The molecule has 0 aliphatic rings. The van der Waals surface area contributed by atoms with Crippen LogP contribution in [0.1, 0.15) is 16.7 Å². The Labute approximate surface area is 232 Å². The molecule has 3 rings (SSSR count). The first-order chi connectivity index (χ1) is 18.2. The number of rotatable bonds is 5. The van der Waals surface area contributed by atoms with Crippen LogP contribution >= 0.6 is 15.9 Å². The van der Waals surface area contributed by atoms with Gasteiger partial charge >= 0.3 is 5.97 Å². The molecule has 0 aliphatic heterocycles. The van der Waals surface area contributed by atoms with Crippen LogP contribution in [-0.4, -0.2) is 21.9 Å². The number of hydrogen-bond acceptors (Lipinski definition) is 1. The van der Waals surface area contributed by atoms with Crippen molar-refractivity contribution in [2.24, 2.45) is 0 Å². The first kappa shape index (κ1) is 38.6. The number of allylic oxidation sites excluding steroid dienone is 2. The summed E-state index contributed by atoms with van der Waals surface area (Å²) in [5.74, 6) is -10.8. The van der Waals surface area contributed by atoms with Crippen molar-refractivity contribution in [1.82, 2.24) is 0 Å². The summed E-state index contributed by atoms with van der Waals surface area (Å²) in [7, 11) is 0. The third-order valence-corrected chi connectivity index (χ3v) is 4.65. The molecule has 0 unspecified atom stereocenters. The highest BCUT2D eigenvalue weighted by Crippen LogP contribution is 2.15. The number of aryl methyl sites for hydroxylation is 1. The van der Waals surface area contributed by atoms with E-state index in [1.165, 1.54) is 13.0 Å². The second kappa shape index (κ2) is 19.5. The monoisotopic (exact) mass is 646 g/mol. The van der Waals surface area contributed by atoms with Crippen LogP contribution in [0.25, 0.3) is 0 Å². The fourth-order valence-electron chi connectivity index (χ4n) is 2.36. The number of halogens is 10. The van der Waals surface area contributed by atoms with Gasteiger partial charge in [-0.05, 0) is 42.7 Å². The van der Waals surface area contributed by atoms with E-state index in [9.17, 15) is 44.3 Å². The van der Waals surface area contributed by atoms with Crippen molar-refractivity contribution in [1.29, 1.82) is 0 Å². The fraction of sp³-hybridized carbons (Fsp3) is 0.148. The average Bonchev–Trinajstić information content (AvgIpc) is 2.85. The van der Waals surface area contributed by atoms with E-state index in [0.717, 1.165) is 17.5 Å². The van der Waals surface area contributed by atoms with Gasteiger partial charge in [0.2, 0.25) is 0 Å². The van der Waals surface area contributed by atoms with Crippen LogP contribution in [0.4, 0.5) is 39.5 Å². The van der Waals surface area contributed by atoms with Crippen molar-refractivity contribution < 1.29 is 54.9 Å². The van der Waals surface area contributed by atoms with Crippen LogP contribution in [0.2, 0.25) is 0 Å². The molecule has 0 saturated heterocycles. The number of alkyl halides is 1. The Hall–Kier alpha value is -3.58.